The van der Waals surface area contributed by atoms with Crippen LogP contribution in [0.25, 0.3) is 0 Å². The average Bonchev–Trinajstić information content (AvgIpc) is 3.17. The number of aromatic nitrogens is 1. The molecule has 1 aliphatic heterocycles. The van der Waals surface area contributed by atoms with Gasteiger partial charge in [-0.3, -0.25) is 4.79 Å². The maximum atomic E-state index is 13.8. The number of ether oxygens (including phenoxy) is 2. The Morgan fingerprint density at radius 2 is 2.00 bits per heavy atom. The van der Waals surface area contributed by atoms with Gasteiger partial charge in [0.2, 0.25) is 15.9 Å². The van der Waals surface area contributed by atoms with Crippen LogP contribution in [0.2, 0.25) is 5.02 Å². The van der Waals surface area contributed by atoms with Crippen LogP contribution in [0, 0.1) is 6.92 Å². The Labute approximate surface area is 226 Å². The third kappa shape index (κ3) is 6.43. The minimum Gasteiger partial charge on any atom is -0.493 e. The molecule has 0 spiro atoms. The Morgan fingerprint density at radius 1 is 1.19 bits per heavy atom. The number of carbonyl (C=O) groups excluding carboxylic acids is 1. The topological polar surface area (TPSA) is 97.8 Å². The van der Waals surface area contributed by atoms with Gasteiger partial charge in [0, 0.05) is 24.4 Å². The number of thiazole rings is 1. The molecule has 2 aromatic carbocycles. The number of hydrogen-bond donors (Lipinski definition) is 1. The van der Waals surface area contributed by atoms with Gasteiger partial charge in [-0.2, -0.15) is 4.31 Å². The van der Waals surface area contributed by atoms with E-state index in [1.54, 1.807) is 41.7 Å². The first-order valence-corrected chi connectivity index (χ1v) is 14.7. The summed E-state index contributed by atoms with van der Waals surface area (Å²) in [5, 5.41) is 2.95. The molecule has 1 aromatic heterocycles. The van der Waals surface area contributed by atoms with Crippen LogP contribution in [0.3, 0.4) is 0 Å². The van der Waals surface area contributed by atoms with E-state index < -0.39 is 16.1 Å². The van der Waals surface area contributed by atoms with Gasteiger partial charge in [-0.25, -0.2) is 13.4 Å². The number of methoxy groups -OCH3 is 1. The monoisotopic (exact) mass is 563 g/mol. The fourth-order valence-electron chi connectivity index (χ4n) is 4.27. The number of halogens is 1. The highest BCUT2D eigenvalue weighted by Gasteiger charge is 2.37. The van der Waals surface area contributed by atoms with Crippen LogP contribution in [0.15, 0.2) is 52.9 Å². The largest absolute Gasteiger partial charge is 0.493 e. The summed E-state index contributed by atoms with van der Waals surface area (Å²) in [5.41, 5.74) is 3.48. The molecule has 0 saturated carbocycles. The number of hydrogen-bond acceptors (Lipinski definition) is 7. The van der Waals surface area contributed by atoms with Crippen LogP contribution in [-0.2, 0) is 27.8 Å². The van der Waals surface area contributed by atoms with Crippen molar-refractivity contribution in [2.75, 3.05) is 20.3 Å². The van der Waals surface area contributed by atoms with Gasteiger partial charge in [0.25, 0.3) is 0 Å². The lowest BCUT2D eigenvalue weighted by Crippen LogP contribution is -2.48. The molecule has 1 N–H and O–H groups in total. The highest BCUT2D eigenvalue weighted by atomic mass is 35.5. The van der Waals surface area contributed by atoms with Crippen molar-refractivity contribution in [2.45, 2.75) is 50.1 Å². The van der Waals surface area contributed by atoms with E-state index in [9.17, 15) is 13.2 Å². The molecule has 198 valence electrons. The van der Waals surface area contributed by atoms with Gasteiger partial charge >= 0.3 is 0 Å². The van der Waals surface area contributed by atoms with E-state index in [1.807, 2.05) is 12.4 Å². The maximum Gasteiger partial charge on any atom is 0.245 e. The molecule has 1 unspecified atom stereocenters. The smallest absolute Gasteiger partial charge is 0.245 e. The summed E-state index contributed by atoms with van der Waals surface area (Å²) in [6, 6.07) is 10.7. The first-order valence-electron chi connectivity index (χ1n) is 12.0. The molecule has 1 aliphatic rings. The molecular formula is C26H30ClN3O5S2. The summed E-state index contributed by atoms with van der Waals surface area (Å²) in [7, 11) is -2.55. The van der Waals surface area contributed by atoms with Crippen LogP contribution < -0.4 is 14.8 Å². The van der Waals surface area contributed by atoms with Crippen molar-refractivity contribution in [2.24, 2.45) is 0 Å². The number of aryl methyl sites for hydroxylation is 1. The van der Waals surface area contributed by atoms with Gasteiger partial charge < -0.3 is 14.8 Å². The minimum atomic E-state index is -4.09. The summed E-state index contributed by atoms with van der Waals surface area (Å²) in [4.78, 5) is 18.3. The first kappa shape index (κ1) is 27.4. The summed E-state index contributed by atoms with van der Waals surface area (Å²) in [5.74, 6) is 0.735. The second-order valence-corrected chi connectivity index (χ2v) is 11.9. The number of amides is 1. The van der Waals surface area contributed by atoms with Crippen molar-refractivity contribution in [3.05, 3.63) is 69.1 Å². The van der Waals surface area contributed by atoms with Crippen molar-refractivity contribution in [1.82, 2.24) is 14.6 Å². The third-order valence-electron chi connectivity index (χ3n) is 6.28. The SMILES string of the molecule is COc1cc(CN(C2CCCCNC2=O)S(=O)(=O)c2ccccc2Cl)ccc1OCCc1scnc1C. The zero-order valence-electron chi connectivity index (χ0n) is 20.8. The van der Waals surface area contributed by atoms with E-state index in [0.717, 1.165) is 29.8 Å². The number of nitrogens with zero attached hydrogens (tertiary/aromatic N) is 2. The minimum absolute atomic E-state index is 0.0255. The molecule has 1 amide bonds. The fourth-order valence-corrected chi connectivity index (χ4v) is 7.13. The molecular weight excluding hydrogens is 534 g/mol. The Balaban J connectivity index is 1.60. The quantitative estimate of drug-likeness (QED) is 0.387. The number of carbonyl (C=O) groups is 1. The van der Waals surface area contributed by atoms with Crippen LogP contribution in [0.4, 0.5) is 0 Å². The van der Waals surface area contributed by atoms with E-state index in [2.05, 4.69) is 10.3 Å². The summed E-state index contributed by atoms with van der Waals surface area (Å²) in [6.07, 6.45) is 2.67. The number of sulfonamides is 1. The van der Waals surface area contributed by atoms with Crippen LogP contribution in [-0.4, -0.2) is 49.9 Å². The van der Waals surface area contributed by atoms with Crippen molar-refractivity contribution >= 4 is 38.9 Å². The lowest BCUT2D eigenvalue weighted by molar-refractivity contribution is -0.124. The highest BCUT2D eigenvalue weighted by molar-refractivity contribution is 7.89. The van der Waals surface area contributed by atoms with Crippen molar-refractivity contribution in [3.63, 3.8) is 0 Å². The third-order valence-corrected chi connectivity index (χ3v) is 9.62. The van der Waals surface area contributed by atoms with Crippen LogP contribution in [0.5, 0.6) is 11.5 Å². The molecule has 0 aliphatic carbocycles. The van der Waals surface area contributed by atoms with Gasteiger partial charge in [0.05, 0.1) is 29.9 Å². The van der Waals surface area contributed by atoms with Gasteiger partial charge in [0.1, 0.15) is 10.9 Å². The molecule has 0 bridgehead atoms. The second kappa shape index (κ2) is 12.3. The Hall–Kier alpha value is -2.66. The average molecular weight is 564 g/mol. The van der Waals surface area contributed by atoms with Crippen LogP contribution >= 0.6 is 22.9 Å². The molecule has 4 rings (SSSR count). The molecule has 37 heavy (non-hydrogen) atoms. The maximum absolute atomic E-state index is 13.8. The van der Waals surface area contributed by atoms with Gasteiger partial charge in [-0.1, -0.05) is 29.8 Å². The van der Waals surface area contributed by atoms with Gasteiger partial charge in [-0.15, -0.1) is 11.3 Å². The highest BCUT2D eigenvalue weighted by Crippen LogP contribution is 2.32. The fraction of sp³-hybridized carbons (Fsp3) is 0.385. The molecule has 1 atom stereocenters. The molecule has 2 heterocycles. The standard InChI is InChI=1S/C26H30ClN3O5S2/c1-18-24(36-17-29-18)12-14-35-22-11-10-19(15-23(22)34-2)16-30(21-8-5-6-13-28-26(21)31)37(32,33)25-9-4-3-7-20(25)27/h3-4,7,9-11,15,17,21H,5-6,8,12-14,16H2,1-2H3,(H,28,31). The van der Waals surface area contributed by atoms with E-state index in [-0.39, 0.29) is 22.4 Å². The Morgan fingerprint density at radius 3 is 2.73 bits per heavy atom. The second-order valence-electron chi connectivity index (χ2n) is 8.73. The van der Waals surface area contributed by atoms with Gasteiger partial charge in [0.15, 0.2) is 11.5 Å². The van der Waals surface area contributed by atoms with E-state index in [1.165, 1.54) is 23.5 Å². The Kier molecular flexibility index (Phi) is 9.07. The summed E-state index contributed by atoms with van der Waals surface area (Å²) in [6.45, 7) is 2.92. The van der Waals surface area contributed by atoms with Crippen molar-refractivity contribution in [3.8, 4) is 11.5 Å². The van der Waals surface area contributed by atoms with Crippen LogP contribution in [0.1, 0.15) is 35.4 Å². The Bertz CT molecular complexity index is 1350. The summed E-state index contributed by atoms with van der Waals surface area (Å²) >= 11 is 7.87. The van der Waals surface area contributed by atoms with E-state index >= 15 is 0 Å². The normalized spacial score (nSPS) is 16.3. The lowest BCUT2D eigenvalue weighted by Gasteiger charge is -2.29. The molecule has 1 fully saturated rings. The van der Waals surface area contributed by atoms with E-state index in [0.29, 0.717) is 36.6 Å². The molecule has 3 aromatic rings. The van der Waals surface area contributed by atoms with Crippen molar-refractivity contribution in [1.29, 1.82) is 0 Å². The van der Waals surface area contributed by atoms with Crippen molar-refractivity contribution < 1.29 is 22.7 Å². The van der Waals surface area contributed by atoms with Gasteiger partial charge in [-0.05, 0) is 56.0 Å². The number of benzene rings is 2. The lowest BCUT2D eigenvalue weighted by atomic mass is 10.1. The molecule has 11 heteroatoms. The number of rotatable bonds is 10. The number of nitrogens with one attached hydrogen (secondary N) is 1. The first-order chi connectivity index (χ1) is 17.8. The zero-order chi connectivity index (χ0) is 26.4. The molecule has 1 saturated heterocycles. The summed E-state index contributed by atoms with van der Waals surface area (Å²) < 4.78 is 40.4. The zero-order valence-corrected chi connectivity index (χ0v) is 23.2. The predicted molar refractivity (Wildman–Crippen MR) is 144 cm³/mol. The molecule has 8 nitrogen and oxygen atoms in total. The molecule has 0 radical (unpaired) electrons. The van der Waals surface area contributed by atoms with E-state index in [4.69, 9.17) is 21.1 Å². The predicted octanol–water partition coefficient (Wildman–Crippen LogP) is 4.59.